The summed E-state index contributed by atoms with van der Waals surface area (Å²) in [4.78, 5) is 16.5. The zero-order chi connectivity index (χ0) is 16.4. The Balaban J connectivity index is 1.72. The molecule has 5 nitrogen and oxygen atoms in total. The fourth-order valence-electron chi connectivity index (χ4n) is 2.11. The molecule has 0 N–H and O–H groups in total. The molecule has 2 aromatic heterocycles. The van der Waals surface area contributed by atoms with Crippen molar-refractivity contribution in [1.82, 2.24) is 14.8 Å². The fraction of sp³-hybridized carbons (Fsp3) is 0.235. The summed E-state index contributed by atoms with van der Waals surface area (Å²) < 4.78 is 7.07. The summed E-state index contributed by atoms with van der Waals surface area (Å²) in [7, 11) is 1.84. The van der Waals surface area contributed by atoms with Gasteiger partial charge in [0.05, 0.1) is 6.20 Å². The van der Waals surface area contributed by atoms with Crippen LogP contribution in [0.2, 0.25) is 0 Å². The Morgan fingerprint density at radius 3 is 2.61 bits per heavy atom. The molecule has 0 aliphatic rings. The van der Waals surface area contributed by atoms with E-state index >= 15 is 0 Å². The highest BCUT2D eigenvalue weighted by atomic mass is 32.1. The first-order valence-corrected chi connectivity index (χ1v) is 8.17. The van der Waals surface area contributed by atoms with Gasteiger partial charge in [0.1, 0.15) is 10.8 Å². The highest BCUT2D eigenvalue weighted by Gasteiger charge is 2.15. The number of aryl methyl sites for hydroxylation is 1. The number of thiazole rings is 1. The van der Waals surface area contributed by atoms with E-state index in [4.69, 9.17) is 4.74 Å². The molecule has 2 heterocycles. The monoisotopic (exact) mass is 327 g/mol. The minimum absolute atomic E-state index is 0.307. The largest absolute Gasteiger partial charge is 0.422 e. The van der Waals surface area contributed by atoms with E-state index in [1.54, 1.807) is 16.3 Å². The lowest BCUT2D eigenvalue weighted by Crippen LogP contribution is -2.08. The van der Waals surface area contributed by atoms with E-state index in [2.05, 4.69) is 23.9 Å². The summed E-state index contributed by atoms with van der Waals surface area (Å²) in [6.45, 7) is 4.24. The summed E-state index contributed by atoms with van der Waals surface area (Å²) in [5, 5.41) is 6.56. The van der Waals surface area contributed by atoms with Crippen molar-refractivity contribution in [2.45, 2.75) is 19.8 Å². The molecule has 0 unspecified atom stereocenters. The minimum Gasteiger partial charge on any atom is -0.422 e. The Morgan fingerprint density at radius 1 is 1.26 bits per heavy atom. The Hall–Kier alpha value is -2.47. The van der Waals surface area contributed by atoms with Crippen molar-refractivity contribution >= 4 is 17.3 Å². The second-order valence-corrected chi connectivity index (χ2v) is 6.41. The number of hydrogen-bond donors (Lipinski definition) is 0. The molecule has 3 aromatic rings. The van der Waals surface area contributed by atoms with Crippen LogP contribution in [0.15, 0.2) is 42.0 Å². The van der Waals surface area contributed by atoms with Gasteiger partial charge in [-0.2, -0.15) is 5.10 Å². The minimum atomic E-state index is -0.450. The molecule has 3 rings (SSSR count). The molecule has 1 aromatic carbocycles. The zero-order valence-corrected chi connectivity index (χ0v) is 14.0. The molecular weight excluding hydrogens is 310 g/mol. The summed E-state index contributed by atoms with van der Waals surface area (Å²) in [5.74, 6) is 0.518. The average molecular weight is 327 g/mol. The van der Waals surface area contributed by atoms with Gasteiger partial charge in [0.15, 0.2) is 5.69 Å². The van der Waals surface area contributed by atoms with Crippen LogP contribution in [-0.4, -0.2) is 20.7 Å². The second kappa shape index (κ2) is 6.34. The molecule has 0 bridgehead atoms. The molecule has 0 aliphatic carbocycles. The number of carbonyl (C=O) groups excluding carboxylic acids is 1. The van der Waals surface area contributed by atoms with Gasteiger partial charge in [0, 0.05) is 24.2 Å². The topological polar surface area (TPSA) is 57.0 Å². The zero-order valence-electron chi connectivity index (χ0n) is 13.2. The van der Waals surface area contributed by atoms with Crippen LogP contribution in [0.5, 0.6) is 5.75 Å². The first kappa shape index (κ1) is 15.4. The Morgan fingerprint density at radius 2 is 2.00 bits per heavy atom. The molecule has 6 heteroatoms. The maximum Gasteiger partial charge on any atom is 0.363 e. The van der Waals surface area contributed by atoms with Crippen LogP contribution >= 0.6 is 11.3 Å². The number of aromatic nitrogens is 3. The lowest BCUT2D eigenvalue weighted by Gasteiger charge is -2.06. The van der Waals surface area contributed by atoms with Gasteiger partial charge in [-0.25, -0.2) is 9.78 Å². The Kier molecular flexibility index (Phi) is 4.25. The van der Waals surface area contributed by atoms with E-state index in [-0.39, 0.29) is 0 Å². The normalized spacial score (nSPS) is 11.0. The number of nitrogens with zero attached hydrogens (tertiary/aromatic N) is 3. The van der Waals surface area contributed by atoms with Crippen molar-refractivity contribution in [3.63, 3.8) is 0 Å². The van der Waals surface area contributed by atoms with Crippen LogP contribution in [0.4, 0.5) is 0 Å². The Labute approximate surface area is 138 Å². The summed E-state index contributed by atoms with van der Waals surface area (Å²) in [5.41, 5.74) is 2.40. The van der Waals surface area contributed by atoms with E-state index in [0.717, 1.165) is 10.6 Å². The molecule has 23 heavy (non-hydrogen) atoms. The van der Waals surface area contributed by atoms with Gasteiger partial charge in [-0.3, -0.25) is 4.68 Å². The summed E-state index contributed by atoms with van der Waals surface area (Å²) >= 11 is 1.40. The van der Waals surface area contributed by atoms with Crippen LogP contribution in [0.1, 0.15) is 35.8 Å². The predicted molar refractivity (Wildman–Crippen MR) is 89.8 cm³/mol. The third kappa shape index (κ3) is 3.48. The summed E-state index contributed by atoms with van der Waals surface area (Å²) in [6.07, 6.45) is 3.58. The number of hydrogen-bond acceptors (Lipinski definition) is 5. The van der Waals surface area contributed by atoms with Gasteiger partial charge in [-0.05, 0) is 23.6 Å². The van der Waals surface area contributed by atoms with E-state index in [0.29, 0.717) is 17.4 Å². The SMILES string of the molecule is CC(C)c1ccc(OC(=O)c2csc(-c3cnn(C)c3)n2)cc1. The molecule has 0 atom stereocenters. The van der Waals surface area contributed by atoms with Crippen LogP contribution in [0.3, 0.4) is 0 Å². The first-order chi connectivity index (χ1) is 11.0. The highest BCUT2D eigenvalue weighted by molar-refractivity contribution is 7.13. The van der Waals surface area contributed by atoms with Gasteiger partial charge in [-0.1, -0.05) is 26.0 Å². The molecule has 118 valence electrons. The molecular formula is C17H17N3O2S. The van der Waals surface area contributed by atoms with Crippen molar-refractivity contribution in [3.05, 3.63) is 53.3 Å². The maximum atomic E-state index is 12.2. The maximum absolute atomic E-state index is 12.2. The smallest absolute Gasteiger partial charge is 0.363 e. The third-order valence-electron chi connectivity index (χ3n) is 3.42. The van der Waals surface area contributed by atoms with Gasteiger partial charge < -0.3 is 4.74 Å². The van der Waals surface area contributed by atoms with Crippen molar-refractivity contribution in [2.24, 2.45) is 7.05 Å². The van der Waals surface area contributed by atoms with Gasteiger partial charge >= 0.3 is 5.97 Å². The molecule has 0 amide bonds. The average Bonchev–Trinajstić information content (AvgIpc) is 3.16. The quantitative estimate of drug-likeness (QED) is 0.539. The summed E-state index contributed by atoms with van der Waals surface area (Å²) in [6, 6.07) is 7.55. The van der Waals surface area contributed by atoms with E-state index in [9.17, 15) is 4.79 Å². The van der Waals surface area contributed by atoms with Crippen molar-refractivity contribution in [3.8, 4) is 16.3 Å². The molecule has 0 spiro atoms. The number of ether oxygens (including phenoxy) is 1. The second-order valence-electron chi connectivity index (χ2n) is 5.55. The lowest BCUT2D eigenvalue weighted by molar-refractivity contribution is 0.0729. The lowest BCUT2D eigenvalue weighted by atomic mass is 10.0. The highest BCUT2D eigenvalue weighted by Crippen LogP contribution is 2.24. The van der Waals surface area contributed by atoms with Crippen LogP contribution in [0.25, 0.3) is 10.6 Å². The Bertz CT molecular complexity index is 818. The molecule has 0 fully saturated rings. The van der Waals surface area contributed by atoms with E-state index in [1.165, 1.54) is 16.9 Å². The standard InChI is InChI=1S/C17H17N3O2S/c1-11(2)12-4-6-14(7-5-12)22-17(21)15-10-23-16(19-15)13-8-18-20(3)9-13/h4-11H,1-3H3. The number of carbonyl (C=O) groups is 1. The molecule has 0 saturated carbocycles. The first-order valence-electron chi connectivity index (χ1n) is 7.29. The van der Waals surface area contributed by atoms with Crippen LogP contribution in [-0.2, 0) is 7.05 Å². The predicted octanol–water partition coefficient (Wildman–Crippen LogP) is 3.89. The van der Waals surface area contributed by atoms with Crippen molar-refractivity contribution < 1.29 is 9.53 Å². The van der Waals surface area contributed by atoms with Crippen LogP contribution < -0.4 is 4.74 Å². The van der Waals surface area contributed by atoms with Crippen LogP contribution in [0, 0.1) is 0 Å². The van der Waals surface area contributed by atoms with Crippen molar-refractivity contribution in [2.75, 3.05) is 0 Å². The molecule has 0 radical (unpaired) electrons. The van der Waals surface area contributed by atoms with Gasteiger partial charge in [0.25, 0.3) is 0 Å². The van der Waals surface area contributed by atoms with Crippen molar-refractivity contribution in [1.29, 1.82) is 0 Å². The number of rotatable bonds is 4. The molecule has 0 saturated heterocycles. The number of benzene rings is 1. The molecule has 0 aliphatic heterocycles. The fourth-order valence-corrected chi connectivity index (χ4v) is 2.88. The number of esters is 1. The van der Waals surface area contributed by atoms with Gasteiger partial charge in [-0.15, -0.1) is 11.3 Å². The van der Waals surface area contributed by atoms with Gasteiger partial charge in [0.2, 0.25) is 0 Å². The van der Waals surface area contributed by atoms with E-state index < -0.39 is 5.97 Å². The third-order valence-corrected chi connectivity index (χ3v) is 4.31. The van der Waals surface area contributed by atoms with E-state index in [1.807, 2.05) is 37.5 Å².